The molecular formula is C35H56NO3+. The third kappa shape index (κ3) is 15.1. The van der Waals surface area contributed by atoms with Crippen molar-refractivity contribution in [3.63, 3.8) is 0 Å². The Hall–Kier alpha value is -2.33. The number of carbonyl (C=O) groups excluding carboxylic acids is 1. The fourth-order valence-corrected chi connectivity index (χ4v) is 4.95. The van der Waals surface area contributed by atoms with Crippen LogP contribution in [0.2, 0.25) is 0 Å². The minimum Gasteiger partial charge on any atom is -0.491 e. The van der Waals surface area contributed by atoms with Crippen molar-refractivity contribution in [2.24, 2.45) is 5.92 Å². The van der Waals surface area contributed by atoms with Crippen LogP contribution in [0, 0.1) is 5.92 Å². The van der Waals surface area contributed by atoms with E-state index in [-0.39, 0.29) is 18.0 Å². The van der Waals surface area contributed by atoms with Crippen LogP contribution in [-0.4, -0.2) is 43.8 Å². The van der Waals surface area contributed by atoms with Crippen LogP contribution in [0.3, 0.4) is 0 Å². The molecule has 2 aromatic rings. The third-order valence-electron chi connectivity index (χ3n) is 7.62. The Labute approximate surface area is 239 Å². The molecule has 39 heavy (non-hydrogen) atoms. The van der Waals surface area contributed by atoms with Crippen LogP contribution in [0.1, 0.15) is 103 Å². The van der Waals surface area contributed by atoms with Crippen LogP contribution < -0.4 is 4.74 Å². The highest BCUT2D eigenvalue weighted by Crippen LogP contribution is 2.18. The fourth-order valence-electron chi connectivity index (χ4n) is 4.95. The highest BCUT2D eigenvalue weighted by molar-refractivity contribution is 5.71. The summed E-state index contributed by atoms with van der Waals surface area (Å²) in [5.74, 6) is 0.673. The molecule has 0 saturated carbocycles. The van der Waals surface area contributed by atoms with Crippen molar-refractivity contribution < 1.29 is 18.8 Å². The van der Waals surface area contributed by atoms with E-state index in [2.05, 4.69) is 69.6 Å². The van der Waals surface area contributed by atoms with Gasteiger partial charge in [-0.3, -0.25) is 4.79 Å². The van der Waals surface area contributed by atoms with Crippen molar-refractivity contribution in [3.05, 3.63) is 65.7 Å². The Morgan fingerprint density at radius 3 is 2.03 bits per heavy atom. The Morgan fingerprint density at radius 2 is 1.38 bits per heavy atom. The van der Waals surface area contributed by atoms with Crippen LogP contribution in [0.15, 0.2) is 54.6 Å². The zero-order chi connectivity index (χ0) is 28.3. The molecule has 4 heteroatoms. The molecule has 0 spiro atoms. The molecule has 2 atom stereocenters. The van der Waals surface area contributed by atoms with Crippen LogP contribution in [-0.2, 0) is 22.5 Å². The molecule has 2 aromatic carbocycles. The van der Waals surface area contributed by atoms with Crippen molar-refractivity contribution >= 4 is 5.97 Å². The first kappa shape index (κ1) is 32.9. The van der Waals surface area contributed by atoms with E-state index in [0.29, 0.717) is 13.0 Å². The van der Waals surface area contributed by atoms with Crippen LogP contribution in [0.25, 0.3) is 0 Å². The maximum absolute atomic E-state index is 12.5. The Balaban J connectivity index is 1.56. The summed E-state index contributed by atoms with van der Waals surface area (Å²) in [5, 5.41) is 0. The molecule has 0 N–H and O–H groups in total. The lowest BCUT2D eigenvalue weighted by molar-refractivity contribution is -0.904. The van der Waals surface area contributed by atoms with Gasteiger partial charge in [-0.2, -0.15) is 0 Å². The summed E-state index contributed by atoms with van der Waals surface area (Å²) in [5.41, 5.74) is 2.70. The number of nitrogens with zero attached hydrogens (tertiary/aromatic N) is 1. The fraction of sp³-hybridized carbons (Fsp3) is 0.629. The van der Waals surface area contributed by atoms with E-state index < -0.39 is 0 Å². The molecule has 0 aliphatic heterocycles. The standard InChI is InChI=1S/C35H56NO3/c1-6-7-8-9-10-11-12-13-15-18-32-21-23-34(24-22-32)39-31(3)26-28-38-35(37)30(2)25-27-36(4,5)29-33-19-16-14-17-20-33/h14,16-17,19-24,30-31H,6-13,15,18,25-29H2,1-5H3/q+1. The zero-order valence-electron chi connectivity index (χ0n) is 25.6. The molecule has 0 saturated heterocycles. The van der Waals surface area contributed by atoms with Crippen LogP contribution >= 0.6 is 0 Å². The number of quaternary nitrogens is 1. The highest BCUT2D eigenvalue weighted by Gasteiger charge is 2.22. The number of ether oxygens (including phenoxy) is 2. The van der Waals surface area contributed by atoms with Gasteiger partial charge >= 0.3 is 5.97 Å². The number of benzene rings is 2. The van der Waals surface area contributed by atoms with Gasteiger partial charge < -0.3 is 14.0 Å². The second kappa shape index (κ2) is 18.9. The maximum Gasteiger partial charge on any atom is 0.308 e. The Kier molecular flexibility index (Phi) is 15.9. The van der Waals surface area contributed by atoms with Gasteiger partial charge in [0.25, 0.3) is 0 Å². The zero-order valence-corrected chi connectivity index (χ0v) is 25.6. The molecular weight excluding hydrogens is 482 g/mol. The average Bonchev–Trinajstić information content (AvgIpc) is 2.92. The van der Waals surface area contributed by atoms with E-state index in [0.717, 1.165) is 36.2 Å². The quantitative estimate of drug-likeness (QED) is 0.0905. The number of hydrogen-bond acceptors (Lipinski definition) is 3. The normalized spacial score (nSPS) is 13.2. The number of unbranched alkanes of at least 4 members (excludes halogenated alkanes) is 8. The number of esters is 1. The maximum atomic E-state index is 12.5. The summed E-state index contributed by atoms with van der Waals surface area (Å²) in [7, 11) is 4.43. The predicted molar refractivity (Wildman–Crippen MR) is 164 cm³/mol. The van der Waals surface area contributed by atoms with Crippen LogP contribution in [0.5, 0.6) is 5.75 Å². The summed E-state index contributed by atoms with van der Waals surface area (Å²) in [6.45, 7) is 8.56. The number of carbonyl (C=O) groups is 1. The topological polar surface area (TPSA) is 35.5 Å². The van der Waals surface area contributed by atoms with Gasteiger partial charge in [-0.15, -0.1) is 0 Å². The summed E-state index contributed by atoms with van der Waals surface area (Å²) < 4.78 is 12.5. The summed E-state index contributed by atoms with van der Waals surface area (Å²) >= 11 is 0. The Bertz CT molecular complexity index is 894. The largest absolute Gasteiger partial charge is 0.491 e. The lowest BCUT2D eigenvalue weighted by Gasteiger charge is -2.30. The molecule has 2 rings (SSSR count). The minimum absolute atomic E-state index is 0.00208. The molecule has 0 aliphatic carbocycles. The van der Waals surface area contributed by atoms with Gasteiger partial charge in [-0.05, 0) is 37.5 Å². The van der Waals surface area contributed by atoms with E-state index in [1.807, 2.05) is 19.9 Å². The van der Waals surface area contributed by atoms with Crippen molar-refractivity contribution in [2.75, 3.05) is 27.2 Å². The molecule has 0 aromatic heterocycles. The first-order chi connectivity index (χ1) is 18.8. The van der Waals surface area contributed by atoms with Crippen LogP contribution in [0.4, 0.5) is 0 Å². The second-order valence-corrected chi connectivity index (χ2v) is 12.1. The van der Waals surface area contributed by atoms with Crippen molar-refractivity contribution in [1.29, 1.82) is 0 Å². The van der Waals surface area contributed by atoms with Gasteiger partial charge in [-0.25, -0.2) is 0 Å². The average molecular weight is 539 g/mol. The molecule has 0 bridgehead atoms. The van der Waals surface area contributed by atoms with E-state index in [4.69, 9.17) is 9.47 Å². The molecule has 0 heterocycles. The number of aryl methyl sites for hydroxylation is 1. The predicted octanol–water partition coefficient (Wildman–Crippen LogP) is 8.76. The Morgan fingerprint density at radius 1 is 0.769 bits per heavy atom. The molecule has 0 aliphatic rings. The number of rotatable bonds is 21. The summed E-state index contributed by atoms with van der Waals surface area (Å²) in [4.78, 5) is 12.5. The first-order valence-electron chi connectivity index (χ1n) is 15.6. The smallest absolute Gasteiger partial charge is 0.308 e. The summed E-state index contributed by atoms with van der Waals surface area (Å²) in [6.07, 6.45) is 14.9. The summed E-state index contributed by atoms with van der Waals surface area (Å²) in [6, 6.07) is 19.0. The lowest BCUT2D eigenvalue weighted by atomic mass is 10.0. The number of hydrogen-bond donors (Lipinski definition) is 0. The first-order valence-corrected chi connectivity index (χ1v) is 15.6. The SMILES string of the molecule is CCCCCCCCCCCc1ccc(OC(C)CCOC(=O)C(C)CC[N+](C)(C)Cc2ccccc2)cc1. The van der Waals surface area contributed by atoms with E-state index in [9.17, 15) is 4.79 Å². The highest BCUT2D eigenvalue weighted by atomic mass is 16.5. The van der Waals surface area contributed by atoms with Crippen molar-refractivity contribution in [3.8, 4) is 5.75 Å². The third-order valence-corrected chi connectivity index (χ3v) is 7.62. The minimum atomic E-state index is -0.109. The monoisotopic (exact) mass is 538 g/mol. The van der Waals surface area contributed by atoms with Gasteiger partial charge in [0.05, 0.1) is 39.3 Å². The van der Waals surface area contributed by atoms with Gasteiger partial charge in [0.2, 0.25) is 0 Å². The second-order valence-electron chi connectivity index (χ2n) is 12.1. The van der Waals surface area contributed by atoms with Gasteiger partial charge in [0.15, 0.2) is 0 Å². The van der Waals surface area contributed by atoms with Gasteiger partial charge in [0.1, 0.15) is 12.3 Å². The molecule has 218 valence electrons. The molecule has 4 nitrogen and oxygen atoms in total. The molecule has 0 radical (unpaired) electrons. The van der Waals surface area contributed by atoms with E-state index in [1.165, 1.54) is 68.9 Å². The van der Waals surface area contributed by atoms with Crippen molar-refractivity contribution in [2.45, 2.75) is 110 Å². The van der Waals surface area contributed by atoms with E-state index in [1.54, 1.807) is 0 Å². The van der Waals surface area contributed by atoms with E-state index >= 15 is 0 Å². The van der Waals surface area contributed by atoms with Gasteiger partial charge in [0, 0.05) is 18.4 Å². The molecule has 0 amide bonds. The lowest BCUT2D eigenvalue weighted by Crippen LogP contribution is -2.40. The molecule has 2 unspecified atom stereocenters. The molecule has 0 fully saturated rings. The van der Waals surface area contributed by atoms with Gasteiger partial charge in [-0.1, -0.05) is 108 Å². The van der Waals surface area contributed by atoms with Crippen molar-refractivity contribution in [1.82, 2.24) is 0 Å².